The van der Waals surface area contributed by atoms with Crippen LogP contribution in [0.15, 0.2) is 66.7 Å². The molecule has 0 unspecified atom stereocenters. The number of allylic oxidation sites excluding steroid dienone is 2. The van der Waals surface area contributed by atoms with Crippen molar-refractivity contribution < 1.29 is 32.2 Å². The van der Waals surface area contributed by atoms with Gasteiger partial charge in [-0.1, -0.05) is 63.5 Å². The van der Waals surface area contributed by atoms with E-state index in [9.17, 15) is 22.4 Å². The summed E-state index contributed by atoms with van der Waals surface area (Å²) in [5, 5.41) is 8.91. The third kappa shape index (κ3) is 7.74. The van der Waals surface area contributed by atoms with Gasteiger partial charge < -0.3 is 9.84 Å². The van der Waals surface area contributed by atoms with Gasteiger partial charge in [-0.25, -0.2) is 4.39 Å². The minimum atomic E-state index is -4.58. The number of carboxylic acids is 1. The number of hydrogen-bond donors (Lipinski definition) is 1. The van der Waals surface area contributed by atoms with E-state index in [2.05, 4.69) is 19.9 Å². The molecule has 3 nitrogen and oxygen atoms in total. The molecule has 0 amide bonds. The summed E-state index contributed by atoms with van der Waals surface area (Å²) in [5.74, 6) is -1.01. The molecule has 0 saturated heterocycles. The molecule has 212 valence electrons. The van der Waals surface area contributed by atoms with Gasteiger partial charge in [0.05, 0.1) is 5.56 Å². The molecule has 1 fully saturated rings. The highest BCUT2D eigenvalue weighted by Crippen LogP contribution is 2.47. The number of carboxylic acid groups (broad SMARTS) is 1. The van der Waals surface area contributed by atoms with Crippen LogP contribution in [0.5, 0.6) is 5.75 Å². The van der Waals surface area contributed by atoms with E-state index >= 15 is 0 Å². The largest absolute Gasteiger partial charge is 0.489 e. The Morgan fingerprint density at radius 2 is 1.68 bits per heavy atom. The third-order valence-corrected chi connectivity index (χ3v) is 7.09. The summed E-state index contributed by atoms with van der Waals surface area (Å²) < 4.78 is 61.0. The van der Waals surface area contributed by atoms with Crippen molar-refractivity contribution in [3.8, 4) is 16.9 Å². The van der Waals surface area contributed by atoms with Crippen molar-refractivity contribution in [3.05, 3.63) is 94.8 Å². The maximum atomic E-state index is 14.9. The molecule has 2 aliphatic carbocycles. The molecule has 5 rings (SSSR count). The van der Waals surface area contributed by atoms with Gasteiger partial charge in [-0.3, -0.25) is 4.79 Å². The van der Waals surface area contributed by atoms with Crippen molar-refractivity contribution in [1.29, 1.82) is 0 Å². The Kier molecular flexibility index (Phi) is 9.02. The second-order valence-corrected chi connectivity index (χ2v) is 11.0. The van der Waals surface area contributed by atoms with E-state index in [0.29, 0.717) is 23.3 Å². The van der Waals surface area contributed by atoms with Gasteiger partial charge in [0.1, 0.15) is 18.2 Å². The number of halogens is 4. The van der Waals surface area contributed by atoms with Gasteiger partial charge in [-0.15, -0.1) is 0 Å². The van der Waals surface area contributed by atoms with Gasteiger partial charge in [-0.2, -0.15) is 13.2 Å². The Balaban J connectivity index is 0.00000115. The van der Waals surface area contributed by atoms with Gasteiger partial charge in [0.25, 0.3) is 0 Å². The highest BCUT2D eigenvalue weighted by molar-refractivity contribution is 5.85. The number of alkyl halides is 3. The number of aryl methyl sites for hydroxylation is 1. The van der Waals surface area contributed by atoms with Crippen molar-refractivity contribution in [2.45, 2.75) is 71.6 Å². The molecule has 3 aromatic carbocycles. The predicted octanol–water partition coefficient (Wildman–Crippen LogP) is 9.48. The fraction of sp³-hybridized carbons (Fsp3) is 0.364. The van der Waals surface area contributed by atoms with Crippen molar-refractivity contribution in [2.24, 2.45) is 5.41 Å². The molecular weight excluding hydrogens is 520 g/mol. The Bertz CT molecular complexity index is 1380. The first-order valence-electron chi connectivity index (χ1n) is 13.6. The molecule has 0 aromatic heterocycles. The number of benzene rings is 3. The van der Waals surface area contributed by atoms with Crippen molar-refractivity contribution in [3.63, 3.8) is 0 Å². The van der Waals surface area contributed by atoms with Crippen LogP contribution in [0.3, 0.4) is 0 Å². The van der Waals surface area contributed by atoms with Crippen LogP contribution in [0, 0.1) is 11.2 Å². The second kappa shape index (κ2) is 12.3. The fourth-order valence-electron chi connectivity index (χ4n) is 4.72. The van der Waals surface area contributed by atoms with Crippen LogP contribution >= 0.6 is 0 Å². The maximum Gasteiger partial charge on any atom is 0.416 e. The molecule has 0 radical (unpaired) electrons. The highest BCUT2D eigenvalue weighted by atomic mass is 19.4. The standard InChI is InChI=1S/C30H28F4O3.C3H6/c1-29(2)14-4-7-26(29)24-16-20(18-37-22-6-3-5-19(15-22)9-13-28(35)36)8-11-23(24)25-17-21(30(32,33)34)10-12-27(25)31;1-2-3-1/h3,5-8,10-12,15-17H,4,9,13-14,18H2,1-2H3,(H,35,36);1-3H2. The van der Waals surface area contributed by atoms with Gasteiger partial charge in [-0.05, 0) is 88.9 Å². The first kappa shape index (κ1) is 29.4. The lowest BCUT2D eigenvalue weighted by molar-refractivity contribution is -0.138. The van der Waals surface area contributed by atoms with Gasteiger partial charge in [0.2, 0.25) is 0 Å². The monoisotopic (exact) mass is 554 g/mol. The zero-order chi connectivity index (χ0) is 28.9. The molecule has 0 aliphatic heterocycles. The van der Waals surface area contributed by atoms with Crippen molar-refractivity contribution in [2.75, 3.05) is 0 Å². The average molecular weight is 555 g/mol. The first-order valence-corrected chi connectivity index (χ1v) is 13.6. The highest BCUT2D eigenvalue weighted by Gasteiger charge is 2.33. The zero-order valence-corrected chi connectivity index (χ0v) is 22.8. The van der Waals surface area contributed by atoms with Crippen molar-refractivity contribution >= 4 is 11.5 Å². The van der Waals surface area contributed by atoms with E-state index < -0.39 is 23.5 Å². The Hall–Kier alpha value is -3.61. The first-order chi connectivity index (χ1) is 18.9. The lowest BCUT2D eigenvalue weighted by Crippen LogP contribution is -2.11. The molecule has 0 bridgehead atoms. The molecule has 3 aromatic rings. The molecule has 2 aliphatic rings. The van der Waals surface area contributed by atoms with Gasteiger partial charge >= 0.3 is 12.1 Å². The summed E-state index contributed by atoms with van der Waals surface area (Å²) >= 11 is 0. The number of rotatable bonds is 8. The number of aliphatic carboxylic acids is 1. The predicted molar refractivity (Wildman–Crippen MR) is 148 cm³/mol. The minimum Gasteiger partial charge on any atom is -0.489 e. The molecule has 7 heteroatoms. The van der Waals surface area contributed by atoms with E-state index in [4.69, 9.17) is 9.84 Å². The van der Waals surface area contributed by atoms with Crippen LogP contribution in [-0.4, -0.2) is 11.1 Å². The Morgan fingerprint density at radius 1 is 0.925 bits per heavy atom. The lowest BCUT2D eigenvalue weighted by Gasteiger charge is -2.26. The molecule has 1 N–H and O–H groups in total. The van der Waals surface area contributed by atoms with Crippen molar-refractivity contribution in [1.82, 2.24) is 0 Å². The number of ether oxygens (including phenoxy) is 1. The Morgan fingerprint density at radius 3 is 2.30 bits per heavy atom. The number of carbonyl (C=O) groups is 1. The maximum absolute atomic E-state index is 14.9. The van der Waals surface area contributed by atoms with E-state index in [-0.39, 0.29) is 24.0 Å². The molecule has 1 saturated carbocycles. The second-order valence-electron chi connectivity index (χ2n) is 11.0. The molecule has 40 heavy (non-hydrogen) atoms. The molecule has 0 spiro atoms. The van der Waals surface area contributed by atoms with Crippen LogP contribution < -0.4 is 4.74 Å². The normalized spacial score (nSPS) is 15.6. The summed E-state index contributed by atoms with van der Waals surface area (Å²) in [4.78, 5) is 10.9. The van der Waals surface area contributed by atoms with E-state index in [1.165, 1.54) is 19.3 Å². The minimum absolute atomic E-state index is 0.0191. The summed E-state index contributed by atoms with van der Waals surface area (Å²) in [7, 11) is 0. The fourth-order valence-corrected chi connectivity index (χ4v) is 4.72. The third-order valence-electron chi connectivity index (χ3n) is 7.09. The van der Waals surface area contributed by atoms with Crippen LogP contribution in [0.1, 0.15) is 74.6 Å². The molecule has 0 atom stereocenters. The van der Waals surface area contributed by atoms with E-state index in [1.807, 2.05) is 12.1 Å². The smallest absolute Gasteiger partial charge is 0.416 e. The SMILES string of the molecule is C1CC1.CC1(C)CCC=C1c1cc(COc2cccc(CCC(=O)O)c2)ccc1-c1cc(C(F)(F)F)ccc1F. The van der Waals surface area contributed by atoms with E-state index in [0.717, 1.165) is 47.7 Å². The van der Waals surface area contributed by atoms with E-state index in [1.54, 1.807) is 30.3 Å². The molecule has 0 heterocycles. The van der Waals surface area contributed by atoms with Gasteiger partial charge in [0, 0.05) is 12.0 Å². The van der Waals surface area contributed by atoms with Crippen LogP contribution in [-0.2, 0) is 24.0 Å². The summed E-state index contributed by atoms with van der Waals surface area (Å²) in [5.41, 5.74) is 2.49. The van der Waals surface area contributed by atoms with Gasteiger partial charge in [0.15, 0.2) is 0 Å². The van der Waals surface area contributed by atoms with Crippen LogP contribution in [0.4, 0.5) is 17.6 Å². The summed E-state index contributed by atoms with van der Waals surface area (Å²) in [6, 6.07) is 14.9. The quantitative estimate of drug-likeness (QED) is 0.282. The number of hydrogen-bond acceptors (Lipinski definition) is 2. The topological polar surface area (TPSA) is 46.5 Å². The summed E-state index contributed by atoms with van der Waals surface area (Å²) in [6.07, 6.45) is 4.11. The van der Waals surface area contributed by atoms with Crippen LogP contribution in [0.2, 0.25) is 0 Å². The lowest BCUT2D eigenvalue weighted by atomic mass is 9.79. The molecular formula is C33H34F4O3. The summed E-state index contributed by atoms with van der Waals surface area (Å²) in [6.45, 7) is 4.34. The van der Waals surface area contributed by atoms with Crippen LogP contribution in [0.25, 0.3) is 16.7 Å². The average Bonchev–Trinajstić information content (AvgIpc) is 3.74. The zero-order valence-electron chi connectivity index (χ0n) is 22.8. The Labute approximate surface area is 232 Å².